The van der Waals surface area contributed by atoms with E-state index in [1.165, 1.54) is 4.90 Å². The molecule has 160 valence electrons. The van der Waals surface area contributed by atoms with Crippen LogP contribution in [-0.2, 0) is 16.1 Å². The molecule has 2 aromatic heterocycles. The predicted octanol–water partition coefficient (Wildman–Crippen LogP) is 1.93. The SMILES string of the molecule is Cc1ncc(-c2ccc3c(c2)c(C(C)O)nn3CC(=O)N2C3C[C@@H]3C[C@H]2C(=O)O)cn1. The number of carbonyl (C=O) groups is 2. The van der Waals surface area contributed by atoms with Gasteiger partial charge in [0.05, 0.1) is 17.3 Å². The van der Waals surface area contributed by atoms with Gasteiger partial charge in [-0.2, -0.15) is 5.10 Å². The lowest BCUT2D eigenvalue weighted by Gasteiger charge is -2.24. The van der Waals surface area contributed by atoms with Gasteiger partial charge in [0.1, 0.15) is 18.4 Å². The summed E-state index contributed by atoms with van der Waals surface area (Å²) in [6.07, 6.45) is 4.05. The zero-order chi connectivity index (χ0) is 21.9. The molecule has 2 N–H and O–H groups in total. The van der Waals surface area contributed by atoms with E-state index in [-0.39, 0.29) is 18.5 Å². The number of hydrogen-bond acceptors (Lipinski definition) is 6. The first kappa shape index (κ1) is 19.6. The Morgan fingerprint density at radius 3 is 2.61 bits per heavy atom. The molecule has 0 radical (unpaired) electrons. The molecule has 1 saturated carbocycles. The van der Waals surface area contributed by atoms with Crippen LogP contribution in [0.5, 0.6) is 0 Å². The van der Waals surface area contributed by atoms with Gasteiger partial charge < -0.3 is 15.1 Å². The van der Waals surface area contributed by atoms with Gasteiger partial charge in [0.15, 0.2) is 0 Å². The lowest BCUT2D eigenvalue weighted by atomic mass is 10.0. The van der Waals surface area contributed by atoms with Gasteiger partial charge >= 0.3 is 5.97 Å². The normalized spacial score (nSPS) is 23.1. The molecule has 1 aliphatic carbocycles. The first-order valence-corrected chi connectivity index (χ1v) is 10.3. The number of amides is 1. The number of carbonyl (C=O) groups excluding carboxylic acids is 1. The summed E-state index contributed by atoms with van der Waals surface area (Å²) in [5.74, 6) is -0.234. The lowest BCUT2D eigenvalue weighted by Crippen LogP contribution is -2.44. The number of likely N-dealkylation sites (tertiary alicyclic amines) is 1. The van der Waals surface area contributed by atoms with Gasteiger partial charge in [-0.05, 0) is 50.3 Å². The summed E-state index contributed by atoms with van der Waals surface area (Å²) in [5.41, 5.74) is 2.90. The quantitative estimate of drug-likeness (QED) is 0.645. The molecule has 9 heteroatoms. The van der Waals surface area contributed by atoms with Crippen molar-refractivity contribution < 1.29 is 19.8 Å². The molecule has 3 aromatic rings. The fourth-order valence-electron chi connectivity index (χ4n) is 4.60. The Morgan fingerprint density at radius 1 is 1.19 bits per heavy atom. The minimum atomic E-state index is -0.958. The molecule has 1 aliphatic heterocycles. The predicted molar refractivity (Wildman–Crippen MR) is 111 cm³/mol. The molecule has 5 rings (SSSR count). The van der Waals surface area contributed by atoms with Crippen LogP contribution in [0.1, 0.15) is 37.4 Å². The topological polar surface area (TPSA) is 121 Å². The van der Waals surface area contributed by atoms with E-state index in [4.69, 9.17) is 0 Å². The van der Waals surface area contributed by atoms with Crippen LogP contribution in [0.2, 0.25) is 0 Å². The van der Waals surface area contributed by atoms with E-state index in [1.54, 1.807) is 24.0 Å². The first-order valence-electron chi connectivity index (χ1n) is 10.3. The zero-order valence-electron chi connectivity index (χ0n) is 17.3. The third-order valence-corrected chi connectivity index (χ3v) is 6.25. The van der Waals surface area contributed by atoms with Crippen molar-refractivity contribution in [2.45, 2.75) is 51.4 Å². The molecule has 4 atom stereocenters. The van der Waals surface area contributed by atoms with Crippen molar-refractivity contribution in [1.29, 1.82) is 0 Å². The van der Waals surface area contributed by atoms with Gasteiger partial charge in [0, 0.05) is 29.4 Å². The maximum Gasteiger partial charge on any atom is 0.326 e. The van der Waals surface area contributed by atoms with Gasteiger partial charge in [0.25, 0.3) is 0 Å². The highest BCUT2D eigenvalue weighted by molar-refractivity contribution is 5.90. The maximum atomic E-state index is 13.0. The summed E-state index contributed by atoms with van der Waals surface area (Å²) in [5, 5.41) is 25.0. The number of fused-ring (bicyclic) bond motifs is 2. The summed E-state index contributed by atoms with van der Waals surface area (Å²) in [7, 11) is 0. The fourth-order valence-corrected chi connectivity index (χ4v) is 4.60. The maximum absolute atomic E-state index is 13.0. The molecule has 2 aliphatic rings. The number of piperidine rings is 1. The second kappa shape index (κ2) is 7.12. The number of aliphatic hydroxyl groups excluding tert-OH is 1. The summed E-state index contributed by atoms with van der Waals surface area (Å²) < 4.78 is 1.56. The van der Waals surface area contributed by atoms with Crippen LogP contribution in [0, 0.1) is 12.8 Å². The van der Waals surface area contributed by atoms with E-state index in [0.29, 0.717) is 29.4 Å². The van der Waals surface area contributed by atoms with Crippen molar-refractivity contribution >= 4 is 22.8 Å². The van der Waals surface area contributed by atoms with Crippen LogP contribution in [0.25, 0.3) is 22.0 Å². The van der Waals surface area contributed by atoms with Crippen LogP contribution in [0.15, 0.2) is 30.6 Å². The monoisotopic (exact) mass is 421 g/mol. The van der Waals surface area contributed by atoms with Crippen LogP contribution < -0.4 is 0 Å². The molecule has 1 aromatic carbocycles. The average molecular weight is 421 g/mol. The number of aliphatic hydroxyl groups is 1. The smallest absolute Gasteiger partial charge is 0.326 e. The van der Waals surface area contributed by atoms with Gasteiger partial charge in [0.2, 0.25) is 5.91 Å². The molecule has 0 bridgehead atoms. The number of carboxylic acid groups (broad SMARTS) is 1. The number of aryl methyl sites for hydroxylation is 1. The van der Waals surface area contributed by atoms with Crippen molar-refractivity contribution in [3.63, 3.8) is 0 Å². The van der Waals surface area contributed by atoms with Crippen LogP contribution in [0.4, 0.5) is 0 Å². The third kappa shape index (κ3) is 3.34. The van der Waals surface area contributed by atoms with E-state index in [1.807, 2.05) is 25.1 Å². The highest BCUT2D eigenvalue weighted by Crippen LogP contribution is 2.48. The molecule has 2 unspecified atom stereocenters. The molecule has 0 spiro atoms. The average Bonchev–Trinajstić information content (AvgIpc) is 3.24. The van der Waals surface area contributed by atoms with Crippen molar-refractivity contribution in [2.75, 3.05) is 0 Å². The molecular weight excluding hydrogens is 398 g/mol. The van der Waals surface area contributed by atoms with Crippen LogP contribution in [0.3, 0.4) is 0 Å². The number of aromatic nitrogens is 4. The standard InChI is InChI=1S/C22H23N5O4/c1-11(28)21-16-5-13(15-8-23-12(2)24-9-15)3-4-17(16)26(25-21)10-20(29)27-18-6-14(18)7-19(27)22(30)31/h3-5,8-9,11,14,18-19,28H,6-7,10H2,1-2H3,(H,30,31)/t11?,14-,18?,19+/m1/s1. The zero-order valence-corrected chi connectivity index (χ0v) is 17.3. The van der Waals surface area contributed by atoms with E-state index >= 15 is 0 Å². The molecule has 1 saturated heterocycles. The van der Waals surface area contributed by atoms with Gasteiger partial charge in [-0.25, -0.2) is 14.8 Å². The van der Waals surface area contributed by atoms with Gasteiger partial charge in [-0.3, -0.25) is 9.48 Å². The van der Waals surface area contributed by atoms with Gasteiger partial charge in [-0.1, -0.05) is 6.07 Å². The largest absolute Gasteiger partial charge is 0.480 e. The summed E-state index contributed by atoms with van der Waals surface area (Å²) >= 11 is 0. The summed E-state index contributed by atoms with van der Waals surface area (Å²) in [6, 6.07) is 4.93. The van der Waals surface area contributed by atoms with Crippen molar-refractivity contribution in [3.05, 3.63) is 42.1 Å². The Morgan fingerprint density at radius 2 is 1.94 bits per heavy atom. The number of aliphatic carboxylic acids is 1. The number of nitrogens with zero attached hydrogens (tertiary/aromatic N) is 5. The first-order chi connectivity index (χ1) is 14.8. The number of carboxylic acids is 1. The van der Waals surface area contributed by atoms with Gasteiger partial charge in [-0.15, -0.1) is 0 Å². The van der Waals surface area contributed by atoms with E-state index in [0.717, 1.165) is 22.9 Å². The Hall–Kier alpha value is -3.33. The van der Waals surface area contributed by atoms with Crippen LogP contribution >= 0.6 is 0 Å². The second-order valence-corrected chi connectivity index (χ2v) is 8.42. The van der Waals surface area contributed by atoms with E-state index in [2.05, 4.69) is 15.1 Å². The third-order valence-electron chi connectivity index (χ3n) is 6.25. The minimum absolute atomic E-state index is 0.0276. The van der Waals surface area contributed by atoms with Crippen molar-refractivity contribution in [3.8, 4) is 11.1 Å². The van der Waals surface area contributed by atoms with E-state index < -0.39 is 18.1 Å². The summed E-state index contributed by atoms with van der Waals surface area (Å²) in [6.45, 7) is 3.38. The Kier molecular flexibility index (Phi) is 4.51. The van der Waals surface area contributed by atoms with Crippen molar-refractivity contribution in [1.82, 2.24) is 24.6 Å². The molecule has 31 heavy (non-hydrogen) atoms. The highest BCUT2D eigenvalue weighted by Gasteiger charge is 2.56. The van der Waals surface area contributed by atoms with E-state index in [9.17, 15) is 19.8 Å². The molecular formula is C22H23N5O4. The molecule has 1 amide bonds. The minimum Gasteiger partial charge on any atom is -0.480 e. The molecule has 2 fully saturated rings. The number of hydrogen-bond donors (Lipinski definition) is 2. The Bertz CT molecular complexity index is 1190. The number of benzene rings is 1. The highest BCUT2D eigenvalue weighted by atomic mass is 16.4. The summed E-state index contributed by atoms with van der Waals surface area (Å²) in [4.78, 5) is 34.6. The molecule has 3 heterocycles. The second-order valence-electron chi connectivity index (χ2n) is 8.42. The Balaban J connectivity index is 1.50. The number of rotatable bonds is 5. The lowest BCUT2D eigenvalue weighted by molar-refractivity contribution is -0.149. The van der Waals surface area contributed by atoms with Crippen LogP contribution in [-0.4, -0.2) is 58.8 Å². The fraction of sp³-hybridized carbons (Fsp3) is 0.409. The Labute approximate surface area is 178 Å². The molecule has 9 nitrogen and oxygen atoms in total. The van der Waals surface area contributed by atoms with Crippen molar-refractivity contribution in [2.24, 2.45) is 5.92 Å².